The Hall–Kier alpha value is -2.17. The summed E-state index contributed by atoms with van der Waals surface area (Å²) in [6, 6.07) is 16.6. The number of hydrogen-bond donors (Lipinski definition) is 3. The van der Waals surface area contributed by atoms with Crippen LogP contribution in [0.2, 0.25) is 0 Å². The molecule has 0 aliphatic rings. The van der Waals surface area contributed by atoms with E-state index in [1.807, 2.05) is 24.3 Å². The molecule has 0 heterocycles. The second-order valence-corrected chi connectivity index (χ2v) is 7.75. The zero-order valence-corrected chi connectivity index (χ0v) is 15.8. The normalized spacial score (nSPS) is 12.7. The Balaban J connectivity index is 1.94. The van der Waals surface area contributed by atoms with E-state index in [2.05, 4.69) is 45.0 Å². The molecule has 2 aromatic rings. The van der Waals surface area contributed by atoms with Crippen molar-refractivity contribution < 1.29 is 15.1 Å². The highest BCUT2D eigenvalue weighted by atomic mass is 16.5. The van der Waals surface area contributed by atoms with E-state index in [1.54, 1.807) is 5.48 Å². The van der Waals surface area contributed by atoms with Crippen molar-refractivity contribution in [1.82, 2.24) is 5.48 Å². The van der Waals surface area contributed by atoms with Crippen LogP contribution < -0.4 is 5.48 Å². The quantitative estimate of drug-likeness (QED) is 0.381. The minimum atomic E-state index is -0.537. The summed E-state index contributed by atoms with van der Waals surface area (Å²) in [4.78, 5) is 11.0. The summed E-state index contributed by atoms with van der Waals surface area (Å²) in [6.07, 6.45) is 1.70. The molecule has 0 spiro atoms. The van der Waals surface area contributed by atoms with Crippen LogP contribution in [0.4, 0.5) is 0 Å². The zero-order valence-electron chi connectivity index (χ0n) is 15.8. The van der Waals surface area contributed by atoms with Crippen LogP contribution in [0.3, 0.4) is 0 Å². The van der Waals surface area contributed by atoms with Gasteiger partial charge in [-0.25, -0.2) is 5.48 Å². The molecule has 0 saturated heterocycles. The van der Waals surface area contributed by atoms with Gasteiger partial charge in [0.1, 0.15) is 0 Å². The summed E-state index contributed by atoms with van der Waals surface area (Å²) in [5, 5.41) is 18.7. The Kier molecular flexibility index (Phi) is 6.95. The first-order valence-electron chi connectivity index (χ1n) is 9.13. The summed E-state index contributed by atoms with van der Waals surface area (Å²) in [5.74, 6) is -0.388. The maximum absolute atomic E-state index is 11.0. The van der Waals surface area contributed by atoms with Gasteiger partial charge < -0.3 is 5.11 Å². The first kappa shape index (κ1) is 20.1. The van der Waals surface area contributed by atoms with Crippen LogP contribution in [0.5, 0.6) is 0 Å². The molecule has 0 bridgehead atoms. The van der Waals surface area contributed by atoms with Gasteiger partial charge in [-0.2, -0.15) is 0 Å². The Morgan fingerprint density at radius 1 is 0.962 bits per heavy atom. The van der Waals surface area contributed by atoms with Gasteiger partial charge in [0.15, 0.2) is 0 Å². The van der Waals surface area contributed by atoms with E-state index in [0.717, 1.165) is 23.1 Å². The van der Waals surface area contributed by atoms with Crippen LogP contribution in [-0.4, -0.2) is 16.2 Å². The summed E-state index contributed by atoms with van der Waals surface area (Å²) < 4.78 is 0. The molecule has 4 heteroatoms. The fraction of sp³-hybridized carbons (Fsp3) is 0.409. The highest BCUT2D eigenvalue weighted by Crippen LogP contribution is 2.27. The van der Waals surface area contributed by atoms with Crippen molar-refractivity contribution in [2.75, 3.05) is 0 Å². The standard InChI is InChI=1S/C22H29NO3/c1-22(2,3)19-14-12-17(13-15-19)16-8-10-18(11-9-16)20(24)6-4-5-7-21(25)23-26/h8-15,20,24,26H,4-7H2,1-3H3,(H,23,25). The number of aliphatic hydroxyl groups excluding tert-OH is 1. The van der Waals surface area contributed by atoms with Crippen molar-refractivity contribution in [3.63, 3.8) is 0 Å². The molecule has 0 fully saturated rings. The molecular formula is C22H29NO3. The molecule has 2 aromatic carbocycles. The van der Waals surface area contributed by atoms with Crippen LogP contribution >= 0.6 is 0 Å². The van der Waals surface area contributed by atoms with Gasteiger partial charge in [0, 0.05) is 6.42 Å². The van der Waals surface area contributed by atoms with E-state index in [0.29, 0.717) is 12.8 Å². The molecule has 1 amide bonds. The van der Waals surface area contributed by atoms with E-state index < -0.39 is 6.10 Å². The van der Waals surface area contributed by atoms with Gasteiger partial charge in [-0.05, 0) is 40.5 Å². The molecule has 0 radical (unpaired) electrons. The molecule has 0 aliphatic carbocycles. The van der Waals surface area contributed by atoms with Gasteiger partial charge >= 0.3 is 0 Å². The third-order valence-electron chi connectivity index (χ3n) is 4.64. The first-order valence-corrected chi connectivity index (χ1v) is 9.13. The SMILES string of the molecule is CC(C)(C)c1ccc(-c2ccc(C(O)CCCCC(=O)NO)cc2)cc1. The number of amides is 1. The maximum Gasteiger partial charge on any atom is 0.243 e. The molecule has 1 unspecified atom stereocenters. The van der Waals surface area contributed by atoms with Gasteiger partial charge in [-0.3, -0.25) is 10.0 Å². The van der Waals surface area contributed by atoms with E-state index >= 15 is 0 Å². The van der Waals surface area contributed by atoms with E-state index in [9.17, 15) is 9.90 Å². The molecule has 3 N–H and O–H groups in total. The predicted molar refractivity (Wildman–Crippen MR) is 104 cm³/mol. The minimum Gasteiger partial charge on any atom is -0.388 e. The number of carbonyl (C=O) groups is 1. The van der Waals surface area contributed by atoms with E-state index in [-0.39, 0.29) is 17.7 Å². The Morgan fingerprint density at radius 2 is 1.50 bits per heavy atom. The third-order valence-corrected chi connectivity index (χ3v) is 4.64. The average Bonchev–Trinajstić information content (AvgIpc) is 2.64. The average molecular weight is 355 g/mol. The zero-order chi connectivity index (χ0) is 19.2. The van der Waals surface area contributed by atoms with Crippen molar-refractivity contribution >= 4 is 5.91 Å². The van der Waals surface area contributed by atoms with E-state index in [1.165, 1.54) is 5.56 Å². The minimum absolute atomic E-state index is 0.143. The topological polar surface area (TPSA) is 69.6 Å². The fourth-order valence-electron chi connectivity index (χ4n) is 2.91. The van der Waals surface area contributed by atoms with Gasteiger partial charge in [0.25, 0.3) is 0 Å². The van der Waals surface area contributed by atoms with Gasteiger partial charge in [0.05, 0.1) is 6.10 Å². The number of aliphatic hydroxyl groups is 1. The van der Waals surface area contributed by atoms with Crippen LogP contribution in [0.15, 0.2) is 48.5 Å². The molecule has 0 aromatic heterocycles. The molecular weight excluding hydrogens is 326 g/mol. The smallest absolute Gasteiger partial charge is 0.243 e. The molecule has 0 aliphatic heterocycles. The lowest BCUT2D eigenvalue weighted by Crippen LogP contribution is -2.17. The monoisotopic (exact) mass is 355 g/mol. The highest BCUT2D eigenvalue weighted by molar-refractivity contribution is 5.74. The summed E-state index contributed by atoms with van der Waals surface area (Å²) in [5.41, 5.74) is 6.24. The Labute approximate surface area is 155 Å². The van der Waals surface area contributed by atoms with Crippen LogP contribution in [0.1, 0.15) is 63.7 Å². The summed E-state index contributed by atoms with van der Waals surface area (Å²) in [6.45, 7) is 6.61. The molecule has 0 saturated carbocycles. The second kappa shape index (κ2) is 8.97. The number of unbranched alkanes of at least 4 members (excludes halogenated alkanes) is 1. The molecule has 1 atom stereocenters. The van der Waals surface area contributed by atoms with Crippen molar-refractivity contribution in [2.24, 2.45) is 0 Å². The van der Waals surface area contributed by atoms with Crippen molar-refractivity contribution in [1.29, 1.82) is 0 Å². The van der Waals surface area contributed by atoms with Crippen LogP contribution in [-0.2, 0) is 10.2 Å². The van der Waals surface area contributed by atoms with Crippen molar-refractivity contribution in [3.05, 3.63) is 59.7 Å². The first-order chi connectivity index (χ1) is 12.3. The maximum atomic E-state index is 11.0. The van der Waals surface area contributed by atoms with Gasteiger partial charge in [0.2, 0.25) is 5.91 Å². The predicted octanol–water partition coefficient (Wildman–Crippen LogP) is 4.75. The lowest BCUT2D eigenvalue weighted by atomic mass is 9.86. The largest absolute Gasteiger partial charge is 0.388 e. The van der Waals surface area contributed by atoms with Gasteiger partial charge in [-0.1, -0.05) is 75.7 Å². The van der Waals surface area contributed by atoms with Crippen LogP contribution in [0.25, 0.3) is 11.1 Å². The lowest BCUT2D eigenvalue weighted by molar-refractivity contribution is -0.129. The number of hydroxylamine groups is 1. The molecule has 26 heavy (non-hydrogen) atoms. The number of hydrogen-bond acceptors (Lipinski definition) is 3. The number of benzene rings is 2. The summed E-state index contributed by atoms with van der Waals surface area (Å²) in [7, 11) is 0. The highest BCUT2D eigenvalue weighted by Gasteiger charge is 2.13. The Bertz CT molecular complexity index is 700. The van der Waals surface area contributed by atoms with Crippen molar-refractivity contribution in [2.45, 2.75) is 58.0 Å². The number of rotatable bonds is 7. The second-order valence-electron chi connectivity index (χ2n) is 7.75. The van der Waals surface area contributed by atoms with Crippen LogP contribution in [0, 0.1) is 0 Å². The Morgan fingerprint density at radius 3 is 2.00 bits per heavy atom. The van der Waals surface area contributed by atoms with E-state index in [4.69, 9.17) is 5.21 Å². The number of carbonyl (C=O) groups excluding carboxylic acids is 1. The molecule has 2 rings (SSSR count). The van der Waals surface area contributed by atoms with Gasteiger partial charge in [-0.15, -0.1) is 0 Å². The molecule has 4 nitrogen and oxygen atoms in total. The summed E-state index contributed by atoms with van der Waals surface area (Å²) >= 11 is 0. The van der Waals surface area contributed by atoms with Crippen molar-refractivity contribution in [3.8, 4) is 11.1 Å². The number of nitrogens with one attached hydrogen (secondary N) is 1. The third kappa shape index (κ3) is 5.68. The fourth-order valence-corrected chi connectivity index (χ4v) is 2.91. The molecule has 140 valence electrons. The lowest BCUT2D eigenvalue weighted by Gasteiger charge is -2.19.